The van der Waals surface area contributed by atoms with Gasteiger partial charge in [-0.2, -0.15) is 3.97 Å². The second-order valence-corrected chi connectivity index (χ2v) is 9.11. The van der Waals surface area contributed by atoms with Crippen molar-refractivity contribution in [3.63, 3.8) is 0 Å². The summed E-state index contributed by atoms with van der Waals surface area (Å²) in [4.78, 5) is 23.5. The molecule has 0 aliphatic heterocycles. The summed E-state index contributed by atoms with van der Waals surface area (Å²) >= 11 is 0. The van der Waals surface area contributed by atoms with Crippen molar-refractivity contribution < 1.29 is 18.1 Å². The van der Waals surface area contributed by atoms with Crippen LogP contribution in [0.15, 0.2) is 52.2 Å². The highest BCUT2D eigenvalue weighted by Gasteiger charge is 2.29. The number of benzene rings is 2. The molecule has 3 aromatic rings. The largest absolute Gasteiger partial charge is 0.497 e. The van der Waals surface area contributed by atoms with Gasteiger partial charge in [-0.15, -0.1) is 0 Å². The highest BCUT2D eigenvalue weighted by Crippen LogP contribution is 2.32. The van der Waals surface area contributed by atoms with Crippen molar-refractivity contribution in [2.24, 2.45) is 0 Å². The molecule has 10 heteroatoms. The molecule has 0 amide bonds. The van der Waals surface area contributed by atoms with Gasteiger partial charge >= 0.3 is 5.69 Å². The predicted molar refractivity (Wildman–Crippen MR) is 111 cm³/mol. The third kappa shape index (κ3) is 3.26. The van der Waals surface area contributed by atoms with Gasteiger partial charge in [-0.05, 0) is 37.1 Å². The number of nitro benzene ring substituents is 1. The highest BCUT2D eigenvalue weighted by atomic mass is 32.2. The van der Waals surface area contributed by atoms with E-state index in [4.69, 9.17) is 4.74 Å². The summed E-state index contributed by atoms with van der Waals surface area (Å²) in [7, 11) is -2.75. The molecule has 1 aliphatic carbocycles. The van der Waals surface area contributed by atoms with E-state index in [2.05, 4.69) is 0 Å². The number of imidazole rings is 1. The van der Waals surface area contributed by atoms with Gasteiger partial charge in [0.15, 0.2) is 0 Å². The van der Waals surface area contributed by atoms with E-state index in [9.17, 15) is 23.3 Å². The Morgan fingerprint density at radius 1 is 1.03 bits per heavy atom. The molecule has 1 heterocycles. The number of hydrogen-bond donors (Lipinski definition) is 0. The van der Waals surface area contributed by atoms with E-state index in [1.54, 1.807) is 22.8 Å². The zero-order chi connectivity index (χ0) is 21.5. The van der Waals surface area contributed by atoms with E-state index in [1.165, 1.54) is 7.11 Å². The second-order valence-electron chi connectivity index (χ2n) is 7.32. The van der Waals surface area contributed by atoms with Crippen LogP contribution in [0.1, 0.15) is 38.1 Å². The lowest BCUT2D eigenvalue weighted by Gasteiger charge is -2.23. The van der Waals surface area contributed by atoms with Gasteiger partial charge in [0, 0.05) is 24.2 Å². The zero-order valence-corrected chi connectivity index (χ0v) is 17.2. The third-order valence-electron chi connectivity index (χ3n) is 5.57. The van der Waals surface area contributed by atoms with Gasteiger partial charge in [-0.1, -0.05) is 19.3 Å². The summed E-state index contributed by atoms with van der Waals surface area (Å²) in [5.74, 6) is 0.525. The van der Waals surface area contributed by atoms with Gasteiger partial charge in [-0.3, -0.25) is 14.7 Å². The van der Waals surface area contributed by atoms with E-state index >= 15 is 0 Å². The molecule has 1 saturated carbocycles. The first kappa shape index (κ1) is 20.1. The molecule has 1 aliphatic rings. The molecule has 0 radical (unpaired) electrons. The van der Waals surface area contributed by atoms with Crippen LogP contribution in [0.4, 0.5) is 5.69 Å². The lowest BCUT2D eigenvalue weighted by molar-refractivity contribution is -0.384. The fraction of sp³-hybridized carbons (Fsp3) is 0.350. The number of hydrogen-bond acceptors (Lipinski definition) is 6. The maximum absolute atomic E-state index is 13.4. The fourth-order valence-electron chi connectivity index (χ4n) is 4.07. The second kappa shape index (κ2) is 7.60. The number of non-ortho nitro benzene ring substituents is 1. The van der Waals surface area contributed by atoms with Crippen LogP contribution in [0.2, 0.25) is 0 Å². The number of nitro groups is 1. The number of ether oxygens (including phenoxy) is 1. The number of methoxy groups -OCH3 is 1. The summed E-state index contributed by atoms with van der Waals surface area (Å²) in [5.41, 5.74) is -0.111. The molecule has 0 spiro atoms. The van der Waals surface area contributed by atoms with Crippen LogP contribution in [0.5, 0.6) is 5.75 Å². The number of fused-ring (bicyclic) bond motifs is 1. The zero-order valence-electron chi connectivity index (χ0n) is 16.4. The van der Waals surface area contributed by atoms with Crippen molar-refractivity contribution in [1.29, 1.82) is 0 Å². The van der Waals surface area contributed by atoms with Gasteiger partial charge in [0.1, 0.15) is 5.75 Å². The molecule has 4 rings (SSSR count). The summed E-state index contributed by atoms with van der Waals surface area (Å²) in [5, 5.41) is 10.9. The molecule has 0 saturated heterocycles. The van der Waals surface area contributed by atoms with Gasteiger partial charge in [0.2, 0.25) is 0 Å². The summed E-state index contributed by atoms with van der Waals surface area (Å²) in [6.45, 7) is 0. The third-order valence-corrected chi connectivity index (χ3v) is 7.27. The number of aromatic nitrogens is 2. The summed E-state index contributed by atoms with van der Waals surface area (Å²) in [6, 6.07) is 9.26. The SMILES string of the molecule is COc1ccc2c(c1)n(C1CCCCC1)c(=O)n2S(=O)(=O)c1ccc([N+](=O)[O-])cc1. The molecule has 2 aromatic carbocycles. The van der Waals surface area contributed by atoms with Crippen molar-refractivity contribution in [3.8, 4) is 5.75 Å². The normalized spacial score (nSPS) is 15.4. The van der Waals surface area contributed by atoms with Crippen molar-refractivity contribution >= 4 is 26.7 Å². The van der Waals surface area contributed by atoms with Crippen molar-refractivity contribution in [2.75, 3.05) is 7.11 Å². The van der Waals surface area contributed by atoms with E-state index < -0.39 is 20.6 Å². The van der Waals surface area contributed by atoms with Gasteiger partial charge in [-0.25, -0.2) is 13.2 Å². The van der Waals surface area contributed by atoms with Crippen LogP contribution in [-0.2, 0) is 10.0 Å². The fourth-order valence-corrected chi connectivity index (χ4v) is 5.47. The Morgan fingerprint density at radius 2 is 1.70 bits per heavy atom. The first-order chi connectivity index (χ1) is 14.3. The smallest absolute Gasteiger partial charge is 0.343 e. The van der Waals surface area contributed by atoms with Crippen LogP contribution < -0.4 is 10.4 Å². The minimum absolute atomic E-state index is 0.0887. The van der Waals surface area contributed by atoms with Crippen LogP contribution in [0.25, 0.3) is 11.0 Å². The quantitative estimate of drug-likeness (QED) is 0.451. The molecular formula is C20H21N3O6S. The van der Waals surface area contributed by atoms with E-state index in [-0.39, 0.29) is 22.1 Å². The topological polar surface area (TPSA) is 113 Å². The number of rotatable bonds is 5. The Labute approximate surface area is 172 Å². The first-order valence-electron chi connectivity index (χ1n) is 9.65. The monoisotopic (exact) mass is 431 g/mol. The minimum atomic E-state index is -4.26. The average Bonchev–Trinajstić information content (AvgIpc) is 3.05. The molecule has 0 unspecified atom stereocenters. The van der Waals surface area contributed by atoms with E-state index in [0.29, 0.717) is 11.3 Å². The number of nitrogens with zero attached hydrogens (tertiary/aromatic N) is 3. The Balaban J connectivity index is 1.95. The van der Waals surface area contributed by atoms with E-state index in [0.717, 1.165) is 60.3 Å². The molecule has 158 valence electrons. The van der Waals surface area contributed by atoms with Crippen molar-refractivity contribution in [1.82, 2.24) is 8.54 Å². The lowest BCUT2D eigenvalue weighted by Crippen LogP contribution is -2.32. The van der Waals surface area contributed by atoms with Crippen LogP contribution >= 0.6 is 0 Å². The van der Waals surface area contributed by atoms with E-state index in [1.807, 2.05) is 0 Å². The van der Waals surface area contributed by atoms with Crippen molar-refractivity contribution in [2.45, 2.75) is 43.0 Å². The molecule has 30 heavy (non-hydrogen) atoms. The molecule has 1 aromatic heterocycles. The Morgan fingerprint density at radius 3 is 2.30 bits per heavy atom. The summed E-state index contributed by atoms with van der Waals surface area (Å²) < 4.78 is 34.3. The molecule has 9 nitrogen and oxygen atoms in total. The lowest BCUT2D eigenvalue weighted by atomic mass is 9.95. The molecule has 0 bridgehead atoms. The van der Waals surface area contributed by atoms with Crippen molar-refractivity contribution in [3.05, 3.63) is 63.1 Å². The van der Waals surface area contributed by atoms with Crippen LogP contribution in [0.3, 0.4) is 0 Å². The maximum atomic E-state index is 13.4. The molecular weight excluding hydrogens is 410 g/mol. The van der Waals surface area contributed by atoms with Gasteiger partial charge < -0.3 is 4.74 Å². The van der Waals surface area contributed by atoms with Gasteiger partial charge in [0.25, 0.3) is 15.7 Å². The minimum Gasteiger partial charge on any atom is -0.497 e. The molecule has 0 atom stereocenters. The highest BCUT2D eigenvalue weighted by molar-refractivity contribution is 7.90. The first-order valence-corrected chi connectivity index (χ1v) is 11.1. The Kier molecular flexibility index (Phi) is 5.10. The Bertz CT molecular complexity index is 1270. The maximum Gasteiger partial charge on any atom is 0.343 e. The Hall–Kier alpha value is -3.14. The van der Waals surface area contributed by atoms with Gasteiger partial charge in [0.05, 0.1) is 28.0 Å². The molecule has 0 N–H and O–H groups in total. The standard InChI is InChI=1S/C20H21N3O6S/c1-29-16-9-12-18-19(13-16)21(14-5-3-2-4-6-14)20(24)22(18)30(27,28)17-10-7-15(8-11-17)23(25)26/h7-14H,2-6H2,1H3. The average molecular weight is 431 g/mol. The summed E-state index contributed by atoms with van der Waals surface area (Å²) in [6.07, 6.45) is 4.64. The molecule has 1 fully saturated rings. The predicted octanol–water partition coefficient (Wildman–Crippen LogP) is 3.46. The van der Waals surface area contributed by atoms with Crippen LogP contribution in [-0.4, -0.2) is 29.0 Å². The van der Waals surface area contributed by atoms with Crippen LogP contribution in [0, 0.1) is 10.1 Å².